The Morgan fingerprint density at radius 3 is 2.87 bits per heavy atom. The summed E-state index contributed by atoms with van der Waals surface area (Å²) in [5.74, 6) is 0. The monoisotopic (exact) mass is 223 g/mol. The highest BCUT2D eigenvalue weighted by molar-refractivity contribution is 7.10. The molecule has 2 heteroatoms. The van der Waals surface area contributed by atoms with Gasteiger partial charge < -0.3 is 5.32 Å². The number of nitrogens with one attached hydrogen (secondary N) is 1. The molecular formula is C13H21NS. The Hall–Kier alpha value is -0.600. The fourth-order valence-corrected chi connectivity index (χ4v) is 2.35. The molecule has 84 valence electrons. The standard InChI is InChI=1S/C13H21NS/c1-4-7-12(13-8-6-9-15-13)14-10-11(3)5-2/h6,8-9,12,14H,3-5,7,10H2,1-2H3. The van der Waals surface area contributed by atoms with E-state index in [1.165, 1.54) is 23.3 Å². The third kappa shape index (κ3) is 4.18. The second-order valence-electron chi connectivity index (χ2n) is 3.84. The van der Waals surface area contributed by atoms with Gasteiger partial charge in [0.15, 0.2) is 0 Å². The van der Waals surface area contributed by atoms with E-state index in [2.05, 4.69) is 43.3 Å². The van der Waals surface area contributed by atoms with Gasteiger partial charge in [-0.2, -0.15) is 0 Å². The average Bonchev–Trinajstić information content (AvgIpc) is 2.76. The molecule has 1 nitrogen and oxygen atoms in total. The first kappa shape index (κ1) is 12.5. The van der Waals surface area contributed by atoms with Gasteiger partial charge in [0.1, 0.15) is 0 Å². The Morgan fingerprint density at radius 1 is 1.53 bits per heavy atom. The second-order valence-corrected chi connectivity index (χ2v) is 4.82. The SMILES string of the molecule is C=C(CC)CNC(CCC)c1cccs1. The van der Waals surface area contributed by atoms with Crippen LogP contribution in [-0.2, 0) is 0 Å². The predicted octanol–water partition coefficient (Wildman–Crippen LogP) is 4.15. The molecule has 0 bridgehead atoms. The van der Waals surface area contributed by atoms with Gasteiger partial charge in [0.2, 0.25) is 0 Å². The van der Waals surface area contributed by atoms with Crippen LogP contribution in [0.4, 0.5) is 0 Å². The van der Waals surface area contributed by atoms with Crippen molar-refractivity contribution in [2.45, 2.75) is 39.2 Å². The van der Waals surface area contributed by atoms with E-state index in [-0.39, 0.29) is 0 Å². The van der Waals surface area contributed by atoms with Crippen molar-refractivity contribution in [1.82, 2.24) is 5.32 Å². The highest BCUT2D eigenvalue weighted by atomic mass is 32.1. The maximum Gasteiger partial charge on any atom is 0.0417 e. The van der Waals surface area contributed by atoms with E-state index >= 15 is 0 Å². The molecule has 0 saturated carbocycles. The van der Waals surface area contributed by atoms with Gasteiger partial charge >= 0.3 is 0 Å². The van der Waals surface area contributed by atoms with Gasteiger partial charge in [0.25, 0.3) is 0 Å². The summed E-state index contributed by atoms with van der Waals surface area (Å²) in [6.45, 7) is 9.36. The largest absolute Gasteiger partial charge is 0.305 e. The Balaban J connectivity index is 2.48. The Labute approximate surface area is 97.2 Å². The minimum absolute atomic E-state index is 0.512. The number of rotatable bonds is 7. The van der Waals surface area contributed by atoms with Crippen LogP contribution in [0.5, 0.6) is 0 Å². The van der Waals surface area contributed by atoms with Crippen molar-refractivity contribution in [3.05, 3.63) is 34.5 Å². The van der Waals surface area contributed by atoms with Crippen LogP contribution in [0.3, 0.4) is 0 Å². The number of hydrogen-bond acceptors (Lipinski definition) is 2. The lowest BCUT2D eigenvalue weighted by Gasteiger charge is -2.17. The second kappa shape index (κ2) is 6.81. The van der Waals surface area contributed by atoms with Crippen molar-refractivity contribution in [2.24, 2.45) is 0 Å². The van der Waals surface area contributed by atoms with Crippen molar-refractivity contribution < 1.29 is 0 Å². The van der Waals surface area contributed by atoms with Gasteiger partial charge in [0.05, 0.1) is 0 Å². The van der Waals surface area contributed by atoms with Gasteiger partial charge in [-0.3, -0.25) is 0 Å². The molecule has 15 heavy (non-hydrogen) atoms. The van der Waals surface area contributed by atoms with E-state index in [1.54, 1.807) is 0 Å². The Morgan fingerprint density at radius 2 is 2.33 bits per heavy atom. The summed E-state index contributed by atoms with van der Waals surface area (Å²) in [5, 5.41) is 5.73. The van der Waals surface area contributed by atoms with Crippen LogP contribution in [0.1, 0.15) is 44.0 Å². The highest BCUT2D eigenvalue weighted by Gasteiger charge is 2.10. The molecule has 1 aromatic heterocycles. The molecule has 1 heterocycles. The molecule has 0 aromatic carbocycles. The van der Waals surface area contributed by atoms with E-state index in [1.807, 2.05) is 11.3 Å². The molecule has 0 spiro atoms. The van der Waals surface area contributed by atoms with Crippen LogP contribution in [-0.4, -0.2) is 6.54 Å². The van der Waals surface area contributed by atoms with Crippen molar-refractivity contribution in [2.75, 3.05) is 6.54 Å². The summed E-state index contributed by atoms with van der Waals surface area (Å²) >= 11 is 1.84. The Bertz CT molecular complexity index is 277. The summed E-state index contributed by atoms with van der Waals surface area (Å²) in [6, 6.07) is 4.85. The third-order valence-electron chi connectivity index (χ3n) is 2.56. The van der Waals surface area contributed by atoms with E-state index in [0.717, 1.165) is 13.0 Å². The normalized spacial score (nSPS) is 12.7. The summed E-state index contributed by atoms with van der Waals surface area (Å²) in [5.41, 5.74) is 1.28. The van der Waals surface area contributed by atoms with Gasteiger partial charge in [-0.05, 0) is 24.3 Å². The Kier molecular flexibility index (Phi) is 5.66. The van der Waals surface area contributed by atoms with E-state index < -0.39 is 0 Å². The van der Waals surface area contributed by atoms with E-state index in [4.69, 9.17) is 0 Å². The molecule has 1 aromatic rings. The first-order chi connectivity index (χ1) is 7.27. The minimum atomic E-state index is 0.512. The number of hydrogen-bond donors (Lipinski definition) is 1. The maximum atomic E-state index is 4.03. The van der Waals surface area contributed by atoms with E-state index in [9.17, 15) is 0 Å². The zero-order valence-electron chi connectivity index (χ0n) is 9.75. The van der Waals surface area contributed by atoms with Crippen LogP contribution in [0.15, 0.2) is 29.7 Å². The van der Waals surface area contributed by atoms with Gasteiger partial charge in [-0.25, -0.2) is 0 Å². The molecule has 1 N–H and O–H groups in total. The van der Waals surface area contributed by atoms with Crippen molar-refractivity contribution >= 4 is 11.3 Å². The fourth-order valence-electron chi connectivity index (χ4n) is 1.52. The highest BCUT2D eigenvalue weighted by Crippen LogP contribution is 2.23. The molecule has 0 amide bonds. The molecule has 0 saturated heterocycles. The lowest BCUT2D eigenvalue weighted by atomic mass is 10.1. The van der Waals surface area contributed by atoms with Gasteiger partial charge in [-0.15, -0.1) is 11.3 Å². The first-order valence-electron chi connectivity index (χ1n) is 5.71. The smallest absolute Gasteiger partial charge is 0.0417 e. The zero-order chi connectivity index (χ0) is 11.1. The molecule has 1 rings (SSSR count). The van der Waals surface area contributed by atoms with Crippen LogP contribution in [0.2, 0.25) is 0 Å². The van der Waals surface area contributed by atoms with Gasteiger partial charge in [0, 0.05) is 17.5 Å². The van der Waals surface area contributed by atoms with Crippen molar-refractivity contribution in [3.8, 4) is 0 Å². The summed E-state index contributed by atoms with van der Waals surface area (Å²) < 4.78 is 0. The summed E-state index contributed by atoms with van der Waals surface area (Å²) in [6.07, 6.45) is 3.49. The molecule has 1 atom stereocenters. The zero-order valence-corrected chi connectivity index (χ0v) is 10.6. The molecule has 0 fully saturated rings. The van der Waals surface area contributed by atoms with Crippen LogP contribution in [0.25, 0.3) is 0 Å². The van der Waals surface area contributed by atoms with Crippen molar-refractivity contribution in [1.29, 1.82) is 0 Å². The predicted molar refractivity (Wildman–Crippen MR) is 69.4 cm³/mol. The fraction of sp³-hybridized carbons (Fsp3) is 0.538. The molecule has 0 aliphatic carbocycles. The average molecular weight is 223 g/mol. The van der Waals surface area contributed by atoms with E-state index in [0.29, 0.717) is 6.04 Å². The van der Waals surface area contributed by atoms with Crippen LogP contribution < -0.4 is 5.32 Å². The molecule has 0 aliphatic rings. The molecule has 0 radical (unpaired) electrons. The van der Waals surface area contributed by atoms with Crippen molar-refractivity contribution in [3.63, 3.8) is 0 Å². The lowest BCUT2D eigenvalue weighted by molar-refractivity contribution is 0.520. The molecular weight excluding hydrogens is 202 g/mol. The minimum Gasteiger partial charge on any atom is -0.305 e. The van der Waals surface area contributed by atoms with Gasteiger partial charge in [-0.1, -0.05) is 38.5 Å². The number of thiophene rings is 1. The summed E-state index contributed by atoms with van der Waals surface area (Å²) in [7, 11) is 0. The summed E-state index contributed by atoms with van der Waals surface area (Å²) in [4.78, 5) is 1.45. The topological polar surface area (TPSA) is 12.0 Å². The van der Waals surface area contributed by atoms with Crippen LogP contribution >= 0.6 is 11.3 Å². The lowest BCUT2D eigenvalue weighted by Crippen LogP contribution is -2.22. The molecule has 1 unspecified atom stereocenters. The first-order valence-corrected chi connectivity index (χ1v) is 6.59. The quantitative estimate of drug-likeness (QED) is 0.685. The van der Waals surface area contributed by atoms with Crippen LogP contribution in [0, 0.1) is 0 Å². The third-order valence-corrected chi connectivity index (χ3v) is 3.55. The maximum absolute atomic E-state index is 4.03. The molecule has 0 aliphatic heterocycles.